The molecule has 1 aromatic heterocycles. The lowest BCUT2D eigenvalue weighted by molar-refractivity contribution is 0.624. The topological polar surface area (TPSA) is 54.8 Å². The zero-order valence-corrected chi connectivity index (χ0v) is 15.9. The minimum Gasteiger partial charge on any atom is -0.332 e. The maximum atomic E-state index is 13.1. The Morgan fingerprint density at radius 3 is 2.68 bits per heavy atom. The van der Waals surface area contributed by atoms with Gasteiger partial charge in [0.1, 0.15) is 12.1 Å². The van der Waals surface area contributed by atoms with E-state index in [1.54, 1.807) is 17.1 Å². The highest BCUT2D eigenvalue weighted by molar-refractivity contribution is 9.10. The Balaban J connectivity index is 1.61. The van der Waals surface area contributed by atoms with Gasteiger partial charge in [-0.2, -0.15) is 0 Å². The Labute approximate surface area is 162 Å². The van der Waals surface area contributed by atoms with E-state index in [0.29, 0.717) is 22.6 Å². The van der Waals surface area contributed by atoms with Gasteiger partial charge in [-0.15, -0.1) is 5.10 Å². The summed E-state index contributed by atoms with van der Waals surface area (Å²) in [7, 11) is 0. The van der Waals surface area contributed by atoms with Crippen LogP contribution < -0.4 is 10.6 Å². The average Bonchev–Trinajstić information content (AvgIpc) is 2.99. The van der Waals surface area contributed by atoms with Crippen molar-refractivity contribution in [1.29, 1.82) is 0 Å². The van der Waals surface area contributed by atoms with Crippen LogP contribution in [0.25, 0.3) is 0 Å². The second-order valence-electron chi connectivity index (χ2n) is 5.09. The number of rotatable bonds is 4. The summed E-state index contributed by atoms with van der Waals surface area (Å²) in [5.74, 6) is -0.0214. The Kier molecular flexibility index (Phi) is 5.62. The largest absolute Gasteiger partial charge is 0.332 e. The third kappa shape index (κ3) is 4.97. The second-order valence-corrected chi connectivity index (χ2v) is 6.82. The van der Waals surface area contributed by atoms with E-state index in [0.717, 1.165) is 15.7 Å². The third-order valence-corrected chi connectivity index (χ3v) is 4.30. The normalized spacial score (nSPS) is 10.5. The Morgan fingerprint density at radius 2 is 1.96 bits per heavy atom. The molecule has 0 aliphatic rings. The molecule has 25 heavy (non-hydrogen) atoms. The molecule has 2 aromatic carbocycles. The predicted octanol–water partition coefficient (Wildman–Crippen LogP) is 4.69. The van der Waals surface area contributed by atoms with Crippen LogP contribution in [0.1, 0.15) is 5.56 Å². The lowest BCUT2D eigenvalue weighted by Crippen LogP contribution is -2.20. The Bertz CT molecular complexity index is 900. The molecule has 0 spiro atoms. The molecule has 128 valence electrons. The summed E-state index contributed by atoms with van der Waals surface area (Å²) in [6.07, 6.45) is 1.55. The molecule has 5 nitrogen and oxygen atoms in total. The molecule has 2 N–H and O–H groups in total. The van der Waals surface area contributed by atoms with Gasteiger partial charge in [0, 0.05) is 15.2 Å². The molecule has 0 saturated heterocycles. The zero-order valence-electron chi connectivity index (χ0n) is 12.7. The highest BCUT2D eigenvalue weighted by atomic mass is 79.9. The Hall–Kier alpha value is -2.03. The molecule has 0 saturated carbocycles. The van der Waals surface area contributed by atoms with E-state index in [2.05, 4.69) is 36.6 Å². The summed E-state index contributed by atoms with van der Waals surface area (Å²) in [6.45, 7) is 0.376. The fourth-order valence-corrected chi connectivity index (χ4v) is 2.75. The van der Waals surface area contributed by atoms with Gasteiger partial charge in [-0.05, 0) is 54.2 Å². The lowest BCUT2D eigenvalue weighted by atomic mass is 10.2. The van der Waals surface area contributed by atoms with Crippen molar-refractivity contribution in [2.75, 3.05) is 10.6 Å². The molecule has 3 aromatic rings. The lowest BCUT2D eigenvalue weighted by Gasteiger charge is -2.08. The SMILES string of the molecule is Fc1ccc(Cn2cnc(NC(=S)Nc3ccc(Br)cc3)n2)c(Cl)c1. The van der Waals surface area contributed by atoms with E-state index in [4.69, 9.17) is 23.8 Å². The first-order chi connectivity index (χ1) is 12.0. The number of halogens is 3. The van der Waals surface area contributed by atoms with Crippen molar-refractivity contribution < 1.29 is 4.39 Å². The van der Waals surface area contributed by atoms with Crippen molar-refractivity contribution >= 4 is 56.5 Å². The number of thiocarbonyl (C=S) groups is 1. The minimum atomic E-state index is -0.376. The summed E-state index contributed by atoms with van der Waals surface area (Å²) in [5, 5.41) is 10.9. The van der Waals surface area contributed by atoms with Gasteiger partial charge in [-0.25, -0.2) is 14.1 Å². The van der Waals surface area contributed by atoms with Crippen LogP contribution in [0.2, 0.25) is 5.02 Å². The van der Waals surface area contributed by atoms with E-state index in [9.17, 15) is 4.39 Å². The Morgan fingerprint density at radius 1 is 1.20 bits per heavy atom. The van der Waals surface area contributed by atoms with Crippen molar-refractivity contribution in [2.45, 2.75) is 6.54 Å². The summed E-state index contributed by atoms with van der Waals surface area (Å²) in [5.41, 5.74) is 1.59. The third-order valence-electron chi connectivity index (χ3n) is 3.21. The molecule has 0 radical (unpaired) electrons. The summed E-state index contributed by atoms with van der Waals surface area (Å²) < 4.78 is 15.7. The van der Waals surface area contributed by atoms with Crippen molar-refractivity contribution in [2.24, 2.45) is 0 Å². The molecule has 1 heterocycles. The number of benzene rings is 2. The van der Waals surface area contributed by atoms with Crippen LogP contribution in [-0.2, 0) is 6.54 Å². The molecule has 0 bridgehead atoms. The van der Waals surface area contributed by atoms with Crippen LogP contribution in [0.3, 0.4) is 0 Å². The van der Waals surface area contributed by atoms with Crippen LogP contribution in [0, 0.1) is 5.82 Å². The number of nitrogens with one attached hydrogen (secondary N) is 2. The highest BCUT2D eigenvalue weighted by Gasteiger charge is 2.07. The van der Waals surface area contributed by atoms with E-state index in [1.807, 2.05) is 24.3 Å². The average molecular weight is 441 g/mol. The number of hydrogen-bond acceptors (Lipinski definition) is 3. The van der Waals surface area contributed by atoms with Gasteiger partial charge in [-0.3, -0.25) is 5.32 Å². The smallest absolute Gasteiger partial charge is 0.248 e. The molecular weight excluding hydrogens is 429 g/mol. The van der Waals surface area contributed by atoms with E-state index < -0.39 is 0 Å². The predicted molar refractivity (Wildman–Crippen MR) is 105 cm³/mol. The van der Waals surface area contributed by atoms with Gasteiger partial charge >= 0.3 is 0 Å². The number of nitrogens with zero attached hydrogens (tertiary/aromatic N) is 3. The molecule has 0 fully saturated rings. The van der Waals surface area contributed by atoms with Gasteiger partial charge in [0.2, 0.25) is 5.95 Å². The molecule has 0 unspecified atom stereocenters. The van der Waals surface area contributed by atoms with Crippen molar-refractivity contribution in [3.05, 3.63) is 69.7 Å². The number of aromatic nitrogens is 3. The first-order valence-corrected chi connectivity index (χ1v) is 8.74. The standard InChI is InChI=1S/C16H12BrClFN5S/c17-11-2-5-13(6-3-11)21-16(25)22-15-20-9-24(23-15)8-10-1-4-12(19)7-14(10)18/h1-7,9H,8H2,(H2,21,22,23,25). The van der Waals surface area contributed by atoms with Gasteiger partial charge in [0.05, 0.1) is 6.54 Å². The maximum Gasteiger partial charge on any atom is 0.248 e. The van der Waals surface area contributed by atoms with Crippen molar-refractivity contribution in [1.82, 2.24) is 14.8 Å². The van der Waals surface area contributed by atoms with Crippen LogP contribution in [0.4, 0.5) is 16.0 Å². The molecular formula is C16H12BrClFN5S. The molecule has 0 aliphatic heterocycles. The zero-order chi connectivity index (χ0) is 17.8. The van der Waals surface area contributed by atoms with Crippen LogP contribution >= 0.6 is 39.7 Å². The molecule has 0 aliphatic carbocycles. The van der Waals surface area contributed by atoms with Gasteiger partial charge in [0.15, 0.2) is 5.11 Å². The molecule has 0 atom stereocenters. The fraction of sp³-hybridized carbons (Fsp3) is 0.0625. The summed E-state index contributed by atoms with van der Waals surface area (Å²) >= 11 is 14.6. The first-order valence-electron chi connectivity index (χ1n) is 7.16. The van der Waals surface area contributed by atoms with E-state index in [-0.39, 0.29) is 5.82 Å². The number of anilines is 2. The van der Waals surface area contributed by atoms with Crippen molar-refractivity contribution in [3.8, 4) is 0 Å². The fourth-order valence-electron chi connectivity index (χ4n) is 2.05. The summed E-state index contributed by atoms with van der Waals surface area (Å²) in [6, 6.07) is 11.8. The highest BCUT2D eigenvalue weighted by Crippen LogP contribution is 2.18. The van der Waals surface area contributed by atoms with Gasteiger partial charge < -0.3 is 5.32 Å². The first kappa shape index (κ1) is 17.8. The maximum absolute atomic E-state index is 13.1. The second kappa shape index (κ2) is 7.90. The van der Waals surface area contributed by atoms with Gasteiger partial charge in [-0.1, -0.05) is 33.6 Å². The minimum absolute atomic E-state index is 0.345. The van der Waals surface area contributed by atoms with Gasteiger partial charge in [0.25, 0.3) is 0 Å². The number of hydrogen-bond donors (Lipinski definition) is 2. The quantitative estimate of drug-likeness (QED) is 0.577. The van der Waals surface area contributed by atoms with Crippen LogP contribution in [-0.4, -0.2) is 19.9 Å². The van der Waals surface area contributed by atoms with Crippen LogP contribution in [0.5, 0.6) is 0 Å². The molecule has 0 amide bonds. The molecule has 9 heteroatoms. The summed E-state index contributed by atoms with van der Waals surface area (Å²) in [4.78, 5) is 4.14. The monoisotopic (exact) mass is 439 g/mol. The van der Waals surface area contributed by atoms with Crippen LogP contribution in [0.15, 0.2) is 53.3 Å². The van der Waals surface area contributed by atoms with E-state index in [1.165, 1.54) is 12.1 Å². The molecule has 3 rings (SSSR count). The van der Waals surface area contributed by atoms with E-state index >= 15 is 0 Å². The van der Waals surface area contributed by atoms with Crippen molar-refractivity contribution in [3.63, 3.8) is 0 Å².